The van der Waals surface area contributed by atoms with E-state index in [1.807, 2.05) is 30.6 Å². The minimum absolute atomic E-state index is 0.208. The summed E-state index contributed by atoms with van der Waals surface area (Å²) in [5, 5.41) is 14.0. The van der Waals surface area contributed by atoms with E-state index < -0.39 is 0 Å². The van der Waals surface area contributed by atoms with Gasteiger partial charge < -0.3 is 15.3 Å². The molecule has 1 aliphatic rings. The van der Waals surface area contributed by atoms with E-state index in [9.17, 15) is 5.11 Å². The van der Waals surface area contributed by atoms with Gasteiger partial charge in [0, 0.05) is 28.7 Å². The summed E-state index contributed by atoms with van der Waals surface area (Å²) >= 11 is 5.97. The largest absolute Gasteiger partial charge is 0.393 e. The highest BCUT2D eigenvalue weighted by Gasteiger charge is 2.20. The van der Waals surface area contributed by atoms with Gasteiger partial charge in [-0.25, -0.2) is 9.98 Å². The van der Waals surface area contributed by atoms with Crippen LogP contribution >= 0.6 is 11.6 Å². The molecule has 1 aromatic heterocycles. The van der Waals surface area contributed by atoms with E-state index in [1.54, 1.807) is 6.20 Å². The van der Waals surface area contributed by atoms with Crippen molar-refractivity contribution < 1.29 is 5.11 Å². The number of aliphatic hydroxyl groups excluding tert-OH is 1. The molecule has 2 aromatic rings. The van der Waals surface area contributed by atoms with E-state index in [2.05, 4.69) is 64.7 Å². The van der Waals surface area contributed by atoms with Gasteiger partial charge >= 0.3 is 0 Å². The number of aromatic nitrogens is 2. The molecule has 0 atom stereocenters. The SMILES string of the molecule is CC(C)N(/C=N/c1ncc(C#Cc2ccc(Cl)cc2)c(NC2CCC(O)CC2)n1)C(C)C. The molecule has 1 heterocycles. The molecule has 0 saturated heterocycles. The van der Waals surface area contributed by atoms with Gasteiger partial charge in [0.25, 0.3) is 5.95 Å². The first-order valence-corrected chi connectivity index (χ1v) is 11.6. The van der Waals surface area contributed by atoms with E-state index in [1.165, 1.54) is 0 Å². The van der Waals surface area contributed by atoms with Crippen LogP contribution in [0.2, 0.25) is 5.02 Å². The quantitative estimate of drug-likeness (QED) is 0.365. The lowest BCUT2D eigenvalue weighted by Gasteiger charge is -2.28. The number of benzene rings is 1. The van der Waals surface area contributed by atoms with Gasteiger partial charge in [-0.1, -0.05) is 23.4 Å². The molecular weight excluding hydrogens is 422 g/mol. The predicted molar refractivity (Wildman–Crippen MR) is 132 cm³/mol. The van der Waals surface area contributed by atoms with Crippen molar-refractivity contribution in [2.45, 2.75) is 77.6 Å². The van der Waals surface area contributed by atoms with Crippen LogP contribution in [0, 0.1) is 11.8 Å². The van der Waals surface area contributed by atoms with E-state index in [-0.39, 0.29) is 12.1 Å². The molecule has 1 saturated carbocycles. The number of anilines is 1. The summed E-state index contributed by atoms with van der Waals surface area (Å²) < 4.78 is 0. The third-order valence-electron chi connectivity index (χ3n) is 5.50. The molecular formula is C25H32ClN5O. The maximum absolute atomic E-state index is 9.82. The molecule has 1 aliphatic carbocycles. The minimum Gasteiger partial charge on any atom is -0.393 e. The van der Waals surface area contributed by atoms with E-state index in [0.717, 1.165) is 36.8 Å². The molecule has 1 aromatic carbocycles. The summed E-state index contributed by atoms with van der Waals surface area (Å²) in [7, 11) is 0. The fraction of sp³-hybridized carbons (Fsp3) is 0.480. The van der Waals surface area contributed by atoms with E-state index >= 15 is 0 Å². The number of nitrogens with zero attached hydrogens (tertiary/aromatic N) is 4. The zero-order valence-corrected chi connectivity index (χ0v) is 20.0. The minimum atomic E-state index is -0.208. The standard InChI is InChI=1S/C25H32ClN5O/c1-17(2)31(18(3)4)16-28-25-27-15-20(8-5-19-6-9-21(26)10-7-19)24(30-25)29-22-11-13-23(32)14-12-22/h6-7,9-10,15-18,22-23,32H,11-14H2,1-4H3,(H,27,29,30)/b28-16+. The Morgan fingerprint density at radius 3 is 2.38 bits per heavy atom. The molecule has 0 bridgehead atoms. The summed E-state index contributed by atoms with van der Waals surface area (Å²) in [5.41, 5.74) is 1.59. The molecule has 0 radical (unpaired) electrons. The zero-order chi connectivity index (χ0) is 23.1. The van der Waals surface area contributed by atoms with Gasteiger partial charge in [-0.3, -0.25) is 0 Å². The second kappa shape index (κ2) is 11.3. The highest BCUT2D eigenvalue weighted by Crippen LogP contribution is 2.24. The smallest absolute Gasteiger partial charge is 0.252 e. The molecule has 0 spiro atoms. The van der Waals surface area contributed by atoms with E-state index in [0.29, 0.717) is 28.9 Å². The Kier molecular flexibility index (Phi) is 8.49. The number of rotatable bonds is 6. The number of aliphatic hydroxyl groups is 1. The van der Waals surface area contributed by atoms with Crippen molar-refractivity contribution in [3.63, 3.8) is 0 Å². The van der Waals surface area contributed by atoms with Crippen molar-refractivity contribution in [1.29, 1.82) is 0 Å². The first kappa shape index (κ1) is 24.0. The summed E-state index contributed by atoms with van der Waals surface area (Å²) in [6.07, 6.45) is 6.68. The number of nitrogens with one attached hydrogen (secondary N) is 1. The maximum Gasteiger partial charge on any atom is 0.252 e. The van der Waals surface area contributed by atoms with Crippen molar-refractivity contribution in [3.8, 4) is 11.8 Å². The van der Waals surface area contributed by atoms with Gasteiger partial charge in [-0.2, -0.15) is 4.98 Å². The Morgan fingerprint density at radius 2 is 1.75 bits per heavy atom. The van der Waals surface area contributed by atoms with Crippen LogP contribution in [0.5, 0.6) is 0 Å². The highest BCUT2D eigenvalue weighted by molar-refractivity contribution is 6.30. The molecule has 1 fully saturated rings. The van der Waals surface area contributed by atoms with Crippen LogP contribution in [0.3, 0.4) is 0 Å². The van der Waals surface area contributed by atoms with Crippen LogP contribution in [0.15, 0.2) is 35.5 Å². The molecule has 32 heavy (non-hydrogen) atoms. The molecule has 6 nitrogen and oxygen atoms in total. The lowest BCUT2D eigenvalue weighted by molar-refractivity contribution is 0.126. The first-order chi connectivity index (χ1) is 15.3. The average Bonchev–Trinajstić information content (AvgIpc) is 2.75. The van der Waals surface area contributed by atoms with Crippen LogP contribution in [0.25, 0.3) is 0 Å². The van der Waals surface area contributed by atoms with Crippen LogP contribution in [-0.2, 0) is 0 Å². The Labute approximate surface area is 196 Å². The zero-order valence-electron chi connectivity index (χ0n) is 19.2. The van der Waals surface area contributed by atoms with Gasteiger partial charge in [-0.15, -0.1) is 0 Å². The van der Waals surface area contributed by atoms with Crippen molar-refractivity contribution >= 4 is 29.7 Å². The lowest BCUT2D eigenvalue weighted by atomic mass is 9.93. The number of aliphatic imine (C=N–C) groups is 1. The fourth-order valence-corrected chi connectivity index (χ4v) is 3.83. The number of hydrogen-bond acceptors (Lipinski definition) is 5. The maximum atomic E-state index is 9.82. The monoisotopic (exact) mass is 453 g/mol. The van der Waals surface area contributed by atoms with Crippen molar-refractivity contribution in [2.75, 3.05) is 5.32 Å². The predicted octanol–water partition coefficient (Wildman–Crippen LogP) is 5.02. The molecule has 2 N–H and O–H groups in total. The Morgan fingerprint density at radius 1 is 1.09 bits per heavy atom. The number of halogens is 1. The molecule has 0 amide bonds. The van der Waals surface area contributed by atoms with Crippen LogP contribution in [-0.4, -0.2) is 50.5 Å². The summed E-state index contributed by atoms with van der Waals surface area (Å²) in [5.74, 6) is 7.41. The third kappa shape index (κ3) is 6.94. The topological polar surface area (TPSA) is 73.6 Å². The summed E-state index contributed by atoms with van der Waals surface area (Å²) in [4.78, 5) is 15.8. The molecule has 170 valence electrons. The average molecular weight is 454 g/mol. The van der Waals surface area contributed by atoms with Crippen molar-refractivity contribution in [3.05, 3.63) is 46.6 Å². The second-order valence-electron chi connectivity index (χ2n) is 8.72. The van der Waals surface area contributed by atoms with E-state index in [4.69, 9.17) is 11.6 Å². The first-order valence-electron chi connectivity index (χ1n) is 11.2. The fourth-order valence-electron chi connectivity index (χ4n) is 3.70. The van der Waals surface area contributed by atoms with Gasteiger partial charge in [0.1, 0.15) is 5.82 Å². The van der Waals surface area contributed by atoms with Crippen LogP contribution < -0.4 is 5.32 Å². The molecule has 0 aliphatic heterocycles. The van der Waals surface area contributed by atoms with Crippen molar-refractivity contribution in [1.82, 2.24) is 14.9 Å². The highest BCUT2D eigenvalue weighted by atomic mass is 35.5. The third-order valence-corrected chi connectivity index (χ3v) is 5.75. The van der Waals surface area contributed by atoms with Gasteiger partial charge in [0.15, 0.2) is 0 Å². The van der Waals surface area contributed by atoms with Crippen LogP contribution in [0.4, 0.5) is 11.8 Å². The van der Waals surface area contributed by atoms with Gasteiger partial charge in [0.05, 0.1) is 24.2 Å². The Hall–Kier alpha value is -2.62. The Bertz CT molecular complexity index is 962. The number of hydrogen-bond donors (Lipinski definition) is 2. The van der Waals surface area contributed by atoms with Gasteiger partial charge in [-0.05, 0) is 77.6 Å². The summed E-state index contributed by atoms with van der Waals surface area (Å²) in [6, 6.07) is 8.31. The normalized spacial score (nSPS) is 18.6. The Balaban J connectivity index is 1.87. The second-order valence-corrected chi connectivity index (χ2v) is 9.15. The van der Waals surface area contributed by atoms with Crippen molar-refractivity contribution in [2.24, 2.45) is 4.99 Å². The summed E-state index contributed by atoms with van der Waals surface area (Å²) in [6.45, 7) is 8.53. The molecule has 0 unspecified atom stereocenters. The van der Waals surface area contributed by atoms with Crippen LogP contribution in [0.1, 0.15) is 64.5 Å². The molecule has 3 rings (SSSR count). The lowest BCUT2D eigenvalue weighted by Crippen LogP contribution is -2.35. The van der Waals surface area contributed by atoms with Gasteiger partial charge in [0.2, 0.25) is 0 Å². The molecule has 7 heteroatoms.